The van der Waals surface area contributed by atoms with Gasteiger partial charge in [0, 0.05) is 13.1 Å². The summed E-state index contributed by atoms with van der Waals surface area (Å²) in [7, 11) is 0. The lowest BCUT2D eigenvalue weighted by Crippen LogP contribution is -2.37. The van der Waals surface area contributed by atoms with Crippen LogP contribution in [0.15, 0.2) is 28.9 Å². The zero-order chi connectivity index (χ0) is 15.9. The van der Waals surface area contributed by atoms with E-state index in [4.69, 9.17) is 9.37 Å². The molecule has 5 rings (SSSR count). The van der Waals surface area contributed by atoms with Gasteiger partial charge in [0.2, 0.25) is 17.1 Å². The Morgan fingerprint density at radius 2 is 1.67 bits per heavy atom. The second-order valence-electron chi connectivity index (χ2n) is 5.37. The van der Waals surface area contributed by atoms with Crippen molar-refractivity contribution in [1.82, 2.24) is 35.3 Å². The molecule has 3 aromatic heterocycles. The second kappa shape index (κ2) is 5.20. The molecule has 0 unspecified atom stereocenters. The van der Waals surface area contributed by atoms with Crippen LogP contribution in [0.1, 0.15) is 0 Å². The first kappa shape index (κ1) is 13.3. The summed E-state index contributed by atoms with van der Waals surface area (Å²) in [6.45, 7) is 2.69. The van der Waals surface area contributed by atoms with Crippen LogP contribution in [0.25, 0.3) is 28.1 Å². The number of hydrogen-bond donors (Lipinski definition) is 0. The van der Waals surface area contributed by atoms with Crippen molar-refractivity contribution in [2.24, 2.45) is 0 Å². The molecule has 1 aliphatic rings. The molecular weight excluding hydrogens is 312 g/mol. The Kier molecular flexibility index (Phi) is 2.88. The van der Waals surface area contributed by atoms with E-state index in [1.165, 1.54) is 0 Å². The van der Waals surface area contributed by atoms with E-state index in [1.54, 1.807) is 4.68 Å². The van der Waals surface area contributed by atoms with Crippen molar-refractivity contribution in [2.75, 3.05) is 31.2 Å². The maximum Gasteiger partial charge on any atom is 0.245 e. The van der Waals surface area contributed by atoms with E-state index >= 15 is 0 Å². The third-order valence-corrected chi connectivity index (χ3v) is 3.94. The van der Waals surface area contributed by atoms with Gasteiger partial charge in [0.1, 0.15) is 5.52 Å². The van der Waals surface area contributed by atoms with Crippen LogP contribution in [-0.4, -0.2) is 61.6 Å². The smallest absolute Gasteiger partial charge is 0.245 e. The highest BCUT2D eigenvalue weighted by Crippen LogP contribution is 2.25. The van der Waals surface area contributed by atoms with Crippen LogP contribution < -0.4 is 4.90 Å². The average Bonchev–Trinajstić information content (AvgIpc) is 3.27. The Morgan fingerprint density at radius 1 is 0.917 bits per heavy atom. The quantitative estimate of drug-likeness (QED) is 0.523. The number of nitrogens with zero attached hydrogens (tertiary/aromatic N) is 8. The summed E-state index contributed by atoms with van der Waals surface area (Å²) in [5, 5.41) is 16.0. The van der Waals surface area contributed by atoms with Crippen molar-refractivity contribution in [2.45, 2.75) is 0 Å². The molecular formula is C14H12N8O2. The highest BCUT2D eigenvalue weighted by molar-refractivity contribution is 5.78. The number of rotatable bonds is 2. The number of morpholine rings is 1. The van der Waals surface area contributed by atoms with Crippen LogP contribution >= 0.6 is 0 Å². The summed E-state index contributed by atoms with van der Waals surface area (Å²) in [5.74, 6) is 1.21. The Balaban J connectivity index is 1.76. The fourth-order valence-corrected chi connectivity index (χ4v) is 2.78. The molecule has 0 aliphatic carbocycles. The first-order valence-corrected chi connectivity index (χ1v) is 7.54. The first-order chi connectivity index (χ1) is 11.9. The lowest BCUT2D eigenvalue weighted by Gasteiger charge is -2.28. The molecule has 0 radical (unpaired) electrons. The molecule has 120 valence electrons. The van der Waals surface area contributed by atoms with Gasteiger partial charge in [-0.3, -0.25) is 0 Å². The zero-order valence-electron chi connectivity index (χ0n) is 12.5. The van der Waals surface area contributed by atoms with Crippen LogP contribution in [0.3, 0.4) is 0 Å². The molecule has 24 heavy (non-hydrogen) atoms. The number of anilines is 1. The Labute approximate surface area is 135 Å². The lowest BCUT2D eigenvalue weighted by molar-refractivity contribution is 0.122. The van der Waals surface area contributed by atoms with Gasteiger partial charge in [0.25, 0.3) is 0 Å². The number of hydrogen-bond acceptors (Lipinski definition) is 9. The molecule has 10 nitrogen and oxygen atoms in total. The molecule has 1 fully saturated rings. The van der Waals surface area contributed by atoms with E-state index in [9.17, 15) is 0 Å². The summed E-state index contributed by atoms with van der Waals surface area (Å²) in [5.41, 5.74) is 2.33. The largest absolute Gasteiger partial charge is 0.378 e. The minimum Gasteiger partial charge on any atom is -0.378 e. The molecule has 1 aliphatic heterocycles. The maximum absolute atomic E-state index is 5.42. The van der Waals surface area contributed by atoms with E-state index < -0.39 is 0 Å². The molecule has 0 saturated carbocycles. The zero-order valence-corrected chi connectivity index (χ0v) is 12.5. The fourth-order valence-electron chi connectivity index (χ4n) is 2.78. The van der Waals surface area contributed by atoms with Crippen LogP contribution in [0.4, 0.5) is 5.82 Å². The van der Waals surface area contributed by atoms with Crippen LogP contribution in [0, 0.1) is 0 Å². The van der Waals surface area contributed by atoms with Gasteiger partial charge in [-0.05, 0) is 22.4 Å². The topological polar surface area (TPSA) is 108 Å². The van der Waals surface area contributed by atoms with E-state index in [2.05, 4.69) is 35.5 Å². The maximum atomic E-state index is 5.42. The Morgan fingerprint density at radius 3 is 2.50 bits per heavy atom. The van der Waals surface area contributed by atoms with E-state index in [0.29, 0.717) is 49.2 Å². The molecule has 0 N–H and O–H groups in total. The SMILES string of the molecule is c1ccc2c(c1)nnn2-c1nc2nonc2nc1N1CCOCC1. The number of para-hydroxylation sites is 1. The summed E-state index contributed by atoms with van der Waals surface area (Å²) in [6.07, 6.45) is 0. The standard InChI is InChI=1S/C14H12N8O2/c1-2-4-10-9(3-1)17-20-22(10)14-13(21-5-7-23-8-6-21)15-11-12(16-14)19-24-18-11/h1-4H,5-8H2. The normalized spacial score (nSPS) is 15.4. The molecule has 0 atom stereocenters. The van der Waals surface area contributed by atoms with Gasteiger partial charge >= 0.3 is 0 Å². The molecule has 0 spiro atoms. The van der Waals surface area contributed by atoms with Gasteiger partial charge in [-0.25, -0.2) is 9.61 Å². The van der Waals surface area contributed by atoms with E-state index in [-0.39, 0.29) is 0 Å². The van der Waals surface area contributed by atoms with Gasteiger partial charge in [0.15, 0.2) is 5.82 Å². The van der Waals surface area contributed by atoms with Gasteiger partial charge in [-0.1, -0.05) is 17.3 Å². The molecule has 0 bridgehead atoms. The Bertz CT molecular complexity index is 1020. The monoisotopic (exact) mass is 324 g/mol. The molecule has 10 heteroatoms. The fraction of sp³-hybridized carbons (Fsp3) is 0.286. The van der Waals surface area contributed by atoms with Crippen LogP contribution in [0.2, 0.25) is 0 Å². The lowest BCUT2D eigenvalue weighted by atomic mass is 10.3. The minimum absolute atomic E-state index is 0.335. The van der Waals surface area contributed by atoms with Gasteiger partial charge in [0.05, 0.1) is 18.7 Å². The summed E-state index contributed by atoms with van der Waals surface area (Å²) in [6, 6.07) is 7.68. The van der Waals surface area contributed by atoms with Crippen LogP contribution in [-0.2, 0) is 4.74 Å². The van der Waals surface area contributed by atoms with Gasteiger partial charge in [-0.2, -0.15) is 9.67 Å². The number of aromatic nitrogens is 7. The second-order valence-corrected chi connectivity index (χ2v) is 5.37. The van der Waals surface area contributed by atoms with Gasteiger partial charge < -0.3 is 9.64 Å². The van der Waals surface area contributed by atoms with Crippen molar-refractivity contribution in [3.63, 3.8) is 0 Å². The van der Waals surface area contributed by atoms with Crippen molar-refractivity contribution in [3.05, 3.63) is 24.3 Å². The summed E-state index contributed by atoms with van der Waals surface area (Å²) >= 11 is 0. The van der Waals surface area contributed by atoms with Gasteiger partial charge in [-0.15, -0.1) is 5.10 Å². The number of benzene rings is 1. The minimum atomic E-state index is 0.335. The Hall–Kier alpha value is -3.14. The molecule has 1 saturated heterocycles. The molecule has 0 amide bonds. The molecule has 1 aromatic carbocycles. The van der Waals surface area contributed by atoms with Crippen molar-refractivity contribution in [3.8, 4) is 5.82 Å². The third kappa shape index (κ3) is 2.00. The first-order valence-electron chi connectivity index (χ1n) is 7.54. The van der Waals surface area contributed by atoms with Crippen molar-refractivity contribution < 1.29 is 9.37 Å². The number of fused-ring (bicyclic) bond motifs is 2. The summed E-state index contributed by atoms with van der Waals surface area (Å²) < 4.78 is 11.8. The third-order valence-electron chi connectivity index (χ3n) is 3.94. The average molecular weight is 324 g/mol. The van der Waals surface area contributed by atoms with E-state index in [1.807, 2.05) is 24.3 Å². The number of ether oxygens (including phenoxy) is 1. The molecule has 4 aromatic rings. The highest BCUT2D eigenvalue weighted by Gasteiger charge is 2.23. The van der Waals surface area contributed by atoms with Crippen molar-refractivity contribution in [1.29, 1.82) is 0 Å². The predicted molar refractivity (Wildman–Crippen MR) is 82.8 cm³/mol. The summed E-state index contributed by atoms with van der Waals surface area (Å²) in [4.78, 5) is 11.2. The highest BCUT2D eigenvalue weighted by atomic mass is 16.6. The predicted octanol–water partition coefficient (Wildman–Crippen LogP) is 0.583. The molecule has 4 heterocycles. The van der Waals surface area contributed by atoms with Crippen molar-refractivity contribution >= 4 is 28.1 Å². The van der Waals surface area contributed by atoms with Crippen LogP contribution in [0.5, 0.6) is 0 Å². The van der Waals surface area contributed by atoms with E-state index in [0.717, 1.165) is 11.0 Å².